The van der Waals surface area contributed by atoms with Crippen LogP contribution in [0.15, 0.2) is 35.4 Å². The van der Waals surface area contributed by atoms with Crippen LogP contribution in [0.1, 0.15) is 5.69 Å². The van der Waals surface area contributed by atoms with E-state index in [4.69, 9.17) is 17.3 Å². The highest BCUT2D eigenvalue weighted by atomic mass is 35.5. The Labute approximate surface area is 124 Å². The van der Waals surface area contributed by atoms with Gasteiger partial charge in [0, 0.05) is 11.5 Å². The summed E-state index contributed by atoms with van der Waals surface area (Å²) in [6.45, 7) is 0.392. The van der Waals surface area contributed by atoms with Crippen LogP contribution in [-0.4, -0.2) is 19.9 Å². The molecule has 0 aliphatic carbocycles. The monoisotopic (exact) mass is 302 g/mol. The fourth-order valence-corrected chi connectivity index (χ4v) is 2.01. The maximum absolute atomic E-state index is 11.3. The molecule has 8 heteroatoms. The zero-order chi connectivity index (χ0) is 14.8. The molecule has 4 N–H and O–H groups in total. The molecule has 0 aliphatic rings. The van der Waals surface area contributed by atoms with Crippen molar-refractivity contribution in [2.75, 3.05) is 11.1 Å². The predicted octanol–water partition coefficient (Wildman–Crippen LogP) is 1.56. The number of fused-ring (bicyclic) bond motifs is 1. The second-order valence-electron chi connectivity index (χ2n) is 4.34. The van der Waals surface area contributed by atoms with E-state index < -0.39 is 0 Å². The van der Waals surface area contributed by atoms with E-state index >= 15 is 0 Å². The highest BCUT2D eigenvalue weighted by Gasteiger charge is 2.06. The summed E-state index contributed by atoms with van der Waals surface area (Å²) in [5.74, 6) is 0.651. The summed E-state index contributed by atoms with van der Waals surface area (Å²) < 4.78 is 0. The highest BCUT2D eigenvalue weighted by Crippen LogP contribution is 2.23. The van der Waals surface area contributed by atoms with Crippen molar-refractivity contribution in [1.29, 1.82) is 0 Å². The van der Waals surface area contributed by atoms with Crippen molar-refractivity contribution in [3.8, 4) is 0 Å². The molecule has 0 atom stereocenters. The molecule has 0 amide bonds. The number of rotatable bonds is 3. The minimum Gasteiger partial charge on any atom is -0.382 e. The minimum absolute atomic E-state index is 0.188. The summed E-state index contributed by atoms with van der Waals surface area (Å²) in [6.07, 6.45) is 1.33. The maximum Gasteiger partial charge on any atom is 0.249 e. The molecule has 0 aliphatic heterocycles. The van der Waals surface area contributed by atoms with Crippen LogP contribution in [0.5, 0.6) is 0 Å². The Morgan fingerprint density at radius 3 is 2.90 bits per heavy atom. The third-order valence-corrected chi connectivity index (χ3v) is 3.27. The van der Waals surface area contributed by atoms with Crippen LogP contribution >= 0.6 is 11.6 Å². The lowest BCUT2D eigenvalue weighted by Gasteiger charge is -2.08. The lowest BCUT2D eigenvalue weighted by atomic mass is 10.2. The van der Waals surface area contributed by atoms with Crippen LogP contribution in [0.25, 0.3) is 11.0 Å². The van der Waals surface area contributed by atoms with Crippen LogP contribution < -0.4 is 16.6 Å². The summed E-state index contributed by atoms with van der Waals surface area (Å²) in [7, 11) is 0. The van der Waals surface area contributed by atoms with Gasteiger partial charge in [-0.25, -0.2) is 15.0 Å². The molecule has 0 fully saturated rings. The molecule has 3 rings (SSSR count). The molecule has 3 aromatic heterocycles. The molecular weight excluding hydrogens is 292 g/mol. The van der Waals surface area contributed by atoms with Gasteiger partial charge in [0.1, 0.15) is 22.8 Å². The first-order valence-electron chi connectivity index (χ1n) is 6.12. The second kappa shape index (κ2) is 5.37. The normalized spacial score (nSPS) is 10.7. The molecule has 3 heterocycles. The van der Waals surface area contributed by atoms with E-state index in [1.165, 1.54) is 12.4 Å². The number of anilines is 2. The van der Waals surface area contributed by atoms with Gasteiger partial charge in [0.2, 0.25) is 5.56 Å². The number of aromatic nitrogens is 4. The smallest absolute Gasteiger partial charge is 0.249 e. The quantitative estimate of drug-likeness (QED) is 0.677. The van der Waals surface area contributed by atoms with E-state index in [0.29, 0.717) is 18.0 Å². The highest BCUT2D eigenvalue weighted by molar-refractivity contribution is 6.35. The average Bonchev–Trinajstić information content (AvgIpc) is 2.48. The molecule has 0 bridgehead atoms. The van der Waals surface area contributed by atoms with Gasteiger partial charge >= 0.3 is 0 Å². The largest absolute Gasteiger partial charge is 0.382 e. The van der Waals surface area contributed by atoms with Crippen molar-refractivity contribution in [3.05, 3.63) is 51.7 Å². The number of nitrogens with one attached hydrogen (secondary N) is 2. The SMILES string of the molecule is Nc1ncnc(NCc2ccc3ccc(=O)[nH]c3n2)c1Cl. The molecule has 106 valence electrons. The molecule has 0 radical (unpaired) electrons. The predicted molar refractivity (Wildman–Crippen MR) is 81.1 cm³/mol. The van der Waals surface area contributed by atoms with Crippen LogP contribution in [0, 0.1) is 0 Å². The van der Waals surface area contributed by atoms with Crippen LogP contribution in [-0.2, 0) is 6.54 Å². The third-order valence-electron chi connectivity index (χ3n) is 2.89. The minimum atomic E-state index is -0.188. The fourth-order valence-electron chi connectivity index (χ4n) is 1.85. The van der Waals surface area contributed by atoms with Gasteiger partial charge in [-0.15, -0.1) is 0 Å². The van der Waals surface area contributed by atoms with Gasteiger partial charge in [-0.1, -0.05) is 11.6 Å². The Morgan fingerprint density at radius 2 is 2.05 bits per heavy atom. The van der Waals surface area contributed by atoms with E-state index in [2.05, 4.69) is 25.3 Å². The Bertz CT molecular complexity index is 863. The van der Waals surface area contributed by atoms with Crippen molar-refractivity contribution in [2.45, 2.75) is 6.54 Å². The molecule has 0 aromatic carbocycles. The number of nitrogens with zero attached hydrogens (tertiary/aromatic N) is 3. The van der Waals surface area contributed by atoms with Crippen molar-refractivity contribution < 1.29 is 0 Å². The Balaban J connectivity index is 1.85. The van der Waals surface area contributed by atoms with Crippen molar-refractivity contribution in [2.24, 2.45) is 0 Å². The third kappa shape index (κ3) is 2.77. The van der Waals surface area contributed by atoms with Crippen LogP contribution in [0.4, 0.5) is 11.6 Å². The number of aromatic amines is 1. The van der Waals surface area contributed by atoms with Gasteiger partial charge in [0.15, 0.2) is 5.82 Å². The number of pyridine rings is 2. The van der Waals surface area contributed by atoms with Crippen LogP contribution in [0.3, 0.4) is 0 Å². The molecule has 0 saturated carbocycles. The average molecular weight is 303 g/mol. The Hall–Kier alpha value is -2.67. The lowest BCUT2D eigenvalue weighted by Crippen LogP contribution is -2.08. The van der Waals surface area contributed by atoms with Gasteiger partial charge in [0.05, 0.1) is 12.2 Å². The second-order valence-corrected chi connectivity index (χ2v) is 4.72. The van der Waals surface area contributed by atoms with Crippen LogP contribution in [0.2, 0.25) is 5.02 Å². The first kappa shape index (κ1) is 13.3. The molecule has 21 heavy (non-hydrogen) atoms. The van der Waals surface area contributed by atoms with E-state index in [1.807, 2.05) is 12.1 Å². The van der Waals surface area contributed by atoms with Gasteiger partial charge in [-0.05, 0) is 18.2 Å². The molecule has 3 aromatic rings. The fraction of sp³-hybridized carbons (Fsp3) is 0.0769. The number of halogens is 1. The number of hydrogen-bond acceptors (Lipinski definition) is 6. The maximum atomic E-state index is 11.3. The van der Waals surface area contributed by atoms with Crippen molar-refractivity contribution in [1.82, 2.24) is 19.9 Å². The number of nitrogens with two attached hydrogens (primary N) is 1. The molecule has 7 nitrogen and oxygen atoms in total. The van der Waals surface area contributed by atoms with Crippen molar-refractivity contribution >= 4 is 34.3 Å². The van der Waals surface area contributed by atoms with E-state index in [-0.39, 0.29) is 16.4 Å². The molecular formula is C13H11ClN6O. The van der Waals surface area contributed by atoms with E-state index in [1.54, 1.807) is 6.07 Å². The standard InChI is InChI=1S/C13H11ClN6O/c14-10-11(15)17-6-18-13(10)16-5-8-3-1-7-2-4-9(21)20-12(7)19-8/h1-4,6H,5H2,(H,19,20,21)(H3,15,16,17,18). The van der Waals surface area contributed by atoms with Gasteiger partial charge in [-0.3, -0.25) is 4.79 Å². The topological polar surface area (TPSA) is 110 Å². The van der Waals surface area contributed by atoms with E-state index in [0.717, 1.165) is 11.1 Å². The van der Waals surface area contributed by atoms with Gasteiger partial charge < -0.3 is 16.0 Å². The first-order chi connectivity index (χ1) is 10.1. The first-order valence-corrected chi connectivity index (χ1v) is 6.50. The molecule has 0 saturated heterocycles. The molecule has 0 spiro atoms. The van der Waals surface area contributed by atoms with E-state index in [9.17, 15) is 4.79 Å². The molecule has 0 unspecified atom stereocenters. The number of hydrogen-bond donors (Lipinski definition) is 3. The van der Waals surface area contributed by atoms with Crippen molar-refractivity contribution in [3.63, 3.8) is 0 Å². The van der Waals surface area contributed by atoms with Gasteiger partial charge in [0.25, 0.3) is 0 Å². The Kier molecular flexibility index (Phi) is 3.41. The summed E-state index contributed by atoms with van der Waals surface area (Å²) in [4.78, 5) is 26.1. The lowest BCUT2D eigenvalue weighted by molar-refractivity contribution is 1.03. The summed E-state index contributed by atoms with van der Waals surface area (Å²) in [6, 6.07) is 6.92. The zero-order valence-corrected chi connectivity index (χ0v) is 11.6. The summed E-state index contributed by atoms with van der Waals surface area (Å²) in [5, 5.41) is 4.17. The summed E-state index contributed by atoms with van der Waals surface area (Å²) >= 11 is 5.99. The number of nitrogen functional groups attached to an aromatic ring is 1. The van der Waals surface area contributed by atoms with Gasteiger partial charge in [-0.2, -0.15) is 0 Å². The Morgan fingerprint density at radius 1 is 1.24 bits per heavy atom. The number of H-pyrrole nitrogens is 1. The zero-order valence-electron chi connectivity index (χ0n) is 10.8. The summed E-state index contributed by atoms with van der Waals surface area (Å²) in [5.41, 5.74) is 6.69.